The van der Waals surface area contributed by atoms with Gasteiger partial charge in [-0.25, -0.2) is 4.98 Å². The Kier molecular flexibility index (Phi) is 4.97. The van der Waals surface area contributed by atoms with E-state index in [9.17, 15) is 0 Å². The molecule has 6 heteroatoms. The van der Waals surface area contributed by atoms with Crippen molar-refractivity contribution in [3.63, 3.8) is 0 Å². The van der Waals surface area contributed by atoms with Gasteiger partial charge in [0.15, 0.2) is 0 Å². The predicted octanol–water partition coefficient (Wildman–Crippen LogP) is 4.12. The maximum atomic E-state index is 6.04. The van der Waals surface area contributed by atoms with E-state index in [-0.39, 0.29) is 5.92 Å². The minimum absolute atomic E-state index is 0.242. The van der Waals surface area contributed by atoms with Gasteiger partial charge in [0.05, 0.1) is 12.3 Å². The first-order valence-electron chi connectivity index (χ1n) is 8.64. The van der Waals surface area contributed by atoms with Gasteiger partial charge in [0.2, 0.25) is 0 Å². The number of hydrogen-bond acceptors (Lipinski definition) is 4. The molecular weight excluding hydrogens is 348 g/mol. The molecule has 26 heavy (non-hydrogen) atoms. The van der Waals surface area contributed by atoms with E-state index in [0.717, 1.165) is 36.2 Å². The molecule has 1 unspecified atom stereocenters. The van der Waals surface area contributed by atoms with E-state index in [4.69, 9.17) is 16.4 Å². The van der Waals surface area contributed by atoms with Crippen LogP contribution in [-0.2, 0) is 24.4 Å². The molecule has 3 aromatic rings. The lowest BCUT2D eigenvalue weighted by Crippen LogP contribution is -2.28. The van der Waals surface area contributed by atoms with Gasteiger partial charge in [0.1, 0.15) is 19.3 Å². The molecule has 0 spiro atoms. The predicted molar refractivity (Wildman–Crippen MR) is 101 cm³/mol. The highest BCUT2D eigenvalue weighted by Crippen LogP contribution is 2.27. The standard InChI is InChI=1S/C20H19ClN4O/c21-18-6-3-4-15(10-18)12-26-24-20-17(11-25-14-22-13-23-25)9-8-16-5-1-2-7-19(16)20/h1-7,10,13-14,17H,8-9,11-12H2/b24-20-. The normalized spacial score (nSPS) is 17.9. The Hall–Kier alpha value is -2.66. The van der Waals surface area contributed by atoms with E-state index in [1.165, 1.54) is 5.56 Å². The number of rotatable bonds is 5. The lowest BCUT2D eigenvalue weighted by atomic mass is 9.82. The SMILES string of the molecule is Clc1cccc(CO/N=C2\c3ccccc3CCC2Cn2cncn2)c1. The lowest BCUT2D eigenvalue weighted by Gasteiger charge is -2.26. The highest BCUT2D eigenvalue weighted by molar-refractivity contribution is 6.30. The van der Waals surface area contributed by atoms with Crippen molar-refractivity contribution < 1.29 is 4.84 Å². The number of halogens is 1. The molecule has 1 atom stereocenters. The van der Waals surface area contributed by atoms with Gasteiger partial charge in [0, 0.05) is 16.5 Å². The Bertz CT molecular complexity index is 908. The van der Waals surface area contributed by atoms with Crippen molar-refractivity contribution in [2.45, 2.75) is 26.0 Å². The molecular formula is C20H19ClN4O. The van der Waals surface area contributed by atoms with Crippen LogP contribution in [0.5, 0.6) is 0 Å². The average molecular weight is 367 g/mol. The summed E-state index contributed by atoms with van der Waals surface area (Å²) in [6.45, 7) is 1.13. The Morgan fingerprint density at radius 3 is 2.96 bits per heavy atom. The Morgan fingerprint density at radius 1 is 1.19 bits per heavy atom. The molecule has 0 saturated carbocycles. The number of fused-ring (bicyclic) bond motifs is 1. The molecule has 0 aliphatic heterocycles. The van der Waals surface area contributed by atoms with E-state index in [0.29, 0.717) is 11.6 Å². The molecule has 2 aromatic carbocycles. The van der Waals surface area contributed by atoms with Gasteiger partial charge in [-0.05, 0) is 36.1 Å². The second-order valence-corrected chi connectivity index (χ2v) is 6.83. The molecule has 1 aromatic heterocycles. The van der Waals surface area contributed by atoms with E-state index < -0.39 is 0 Å². The zero-order valence-electron chi connectivity index (χ0n) is 14.3. The number of nitrogens with zero attached hydrogens (tertiary/aromatic N) is 4. The number of hydrogen-bond donors (Lipinski definition) is 0. The summed E-state index contributed by atoms with van der Waals surface area (Å²) in [6.07, 6.45) is 5.34. The van der Waals surface area contributed by atoms with Crippen LogP contribution >= 0.6 is 11.6 Å². The van der Waals surface area contributed by atoms with Crippen LogP contribution in [-0.4, -0.2) is 20.5 Å². The van der Waals surface area contributed by atoms with E-state index in [1.54, 1.807) is 12.7 Å². The van der Waals surface area contributed by atoms with Crippen LogP contribution in [0, 0.1) is 5.92 Å². The molecule has 1 aliphatic carbocycles. The summed E-state index contributed by atoms with van der Waals surface area (Å²) < 4.78 is 1.85. The molecule has 5 nitrogen and oxygen atoms in total. The van der Waals surface area contributed by atoms with Crippen LogP contribution < -0.4 is 0 Å². The van der Waals surface area contributed by atoms with Gasteiger partial charge in [-0.2, -0.15) is 5.10 Å². The number of oxime groups is 1. The fraction of sp³-hybridized carbons (Fsp3) is 0.250. The summed E-state index contributed by atoms with van der Waals surface area (Å²) in [6, 6.07) is 16.0. The minimum Gasteiger partial charge on any atom is -0.391 e. The minimum atomic E-state index is 0.242. The highest BCUT2D eigenvalue weighted by Gasteiger charge is 2.26. The summed E-state index contributed by atoms with van der Waals surface area (Å²) in [4.78, 5) is 9.74. The van der Waals surface area contributed by atoms with Gasteiger partial charge in [-0.1, -0.05) is 53.2 Å². The van der Waals surface area contributed by atoms with Crippen molar-refractivity contribution in [3.05, 3.63) is 82.9 Å². The average Bonchev–Trinajstić information content (AvgIpc) is 3.16. The maximum absolute atomic E-state index is 6.04. The van der Waals surface area contributed by atoms with Gasteiger partial charge in [-0.15, -0.1) is 0 Å². The van der Waals surface area contributed by atoms with Crippen LogP contribution in [0.4, 0.5) is 0 Å². The van der Waals surface area contributed by atoms with Crippen molar-refractivity contribution in [2.24, 2.45) is 11.1 Å². The molecule has 132 valence electrons. The van der Waals surface area contributed by atoms with E-state index in [2.05, 4.69) is 33.4 Å². The number of aryl methyl sites for hydroxylation is 1. The lowest BCUT2D eigenvalue weighted by molar-refractivity contribution is 0.128. The highest BCUT2D eigenvalue weighted by atomic mass is 35.5. The molecule has 4 rings (SSSR count). The van der Waals surface area contributed by atoms with Crippen LogP contribution in [0.25, 0.3) is 0 Å². The summed E-state index contributed by atoms with van der Waals surface area (Å²) in [5.41, 5.74) is 4.45. The molecule has 0 saturated heterocycles. The largest absolute Gasteiger partial charge is 0.391 e. The first-order valence-corrected chi connectivity index (χ1v) is 9.02. The Balaban J connectivity index is 1.57. The third-order valence-corrected chi connectivity index (χ3v) is 4.83. The zero-order chi connectivity index (χ0) is 17.8. The molecule has 1 aliphatic rings. The second-order valence-electron chi connectivity index (χ2n) is 6.39. The summed E-state index contributed by atoms with van der Waals surface area (Å²) in [5, 5.41) is 9.46. The molecule has 1 heterocycles. The zero-order valence-corrected chi connectivity index (χ0v) is 15.0. The fourth-order valence-electron chi connectivity index (χ4n) is 3.33. The van der Waals surface area contributed by atoms with Crippen molar-refractivity contribution in [3.8, 4) is 0 Å². The van der Waals surface area contributed by atoms with Crippen molar-refractivity contribution >= 4 is 17.3 Å². The second kappa shape index (κ2) is 7.70. The van der Waals surface area contributed by atoms with Crippen LogP contribution in [0.1, 0.15) is 23.1 Å². The summed E-state index contributed by atoms with van der Waals surface area (Å²) in [5.74, 6) is 0.242. The van der Waals surface area contributed by atoms with Gasteiger partial charge in [-0.3, -0.25) is 4.68 Å². The first-order chi connectivity index (χ1) is 12.8. The smallest absolute Gasteiger partial charge is 0.142 e. The van der Waals surface area contributed by atoms with Gasteiger partial charge >= 0.3 is 0 Å². The van der Waals surface area contributed by atoms with Gasteiger partial charge in [0.25, 0.3) is 0 Å². The van der Waals surface area contributed by atoms with Crippen LogP contribution in [0.15, 0.2) is 66.3 Å². The molecule has 0 N–H and O–H groups in total. The van der Waals surface area contributed by atoms with Crippen molar-refractivity contribution in [1.82, 2.24) is 14.8 Å². The summed E-state index contributed by atoms with van der Waals surface area (Å²) >= 11 is 6.04. The molecule has 0 bridgehead atoms. The third-order valence-electron chi connectivity index (χ3n) is 4.60. The number of aromatic nitrogens is 3. The first kappa shape index (κ1) is 16.8. The van der Waals surface area contributed by atoms with E-state index in [1.807, 2.05) is 35.0 Å². The van der Waals surface area contributed by atoms with Crippen molar-refractivity contribution in [1.29, 1.82) is 0 Å². The molecule has 0 amide bonds. The van der Waals surface area contributed by atoms with E-state index >= 15 is 0 Å². The monoisotopic (exact) mass is 366 g/mol. The molecule has 0 fully saturated rings. The Labute approximate surface area is 157 Å². The maximum Gasteiger partial charge on any atom is 0.142 e. The summed E-state index contributed by atoms with van der Waals surface area (Å²) in [7, 11) is 0. The van der Waals surface area contributed by atoms with Crippen molar-refractivity contribution in [2.75, 3.05) is 0 Å². The third kappa shape index (κ3) is 3.78. The van der Waals surface area contributed by atoms with Crippen LogP contribution in [0.2, 0.25) is 5.02 Å². The molecule has 0 radical (unpaired) electrons. The van der Waals surface area contributed by atoms with Gasteiger partial charge < -0.3 is 4.84 Å². The topological polar surface area (TPSA) is 52.3 Å². The quantitative estimate of drug-likeness (QED) is 0.638. The van der Waals surface area contributed by atoms with Crippen LogP contribution in [0.3, 0.4) is 0 Å². The Morgan fingerprint density at radius 2 is 2.12 bits per heavy atom. The fourth-order valence-corrected chi connectivity index (χ4v) is 3.54. The number of benzene rings is 2.